The van der Waals surface area contributed by atoms with Gasteiger partial charge < -0.3 is 4.90 Å². The van der Waals surface area contributed by atoms with E-state index >= 15 is 0 Å². The van der Waals surface area contributed by atoms with Gasteiger partial charge in [0.1, 0.15) is 0 Å². The number of thioether (sulfide) groups is 1. The molecule has 1 saturated heterocycles. The van der Waals surface area contributed by atoms with E-state index in [-0.39, 0.29) is 17.3 Å². The summed E-state index contributed by atoms with van der Waals surface area (Å²) in [6.07, 6.45) is 3.86. The number of benzene rings is 2. The molecule has 3 rings (SSSR count). The molecule has 1 aliphatic heterocycles. The van der Waals surface area contributed by atoms with Crippen LogP contribution < -0.4 is 4.72 Å². The molecule has 1 amide bonds. The molecule has 0 saturated carbocycles. The normalized spacial score (nSPS) is 15.5. The molecule has 5 nitrogen and oxygen atoms in total. The number of likely N-dealkylation sites (tertiary alicyclic amines) is 1. The van der Waals surface area contributed by atoms with Crippen molar-refractivity contribution in [3.63, 3.8) is 0 Å². The Kier molecular flexibility index (Phi) is 7.03. The fraction of sp³-hybridized carbons (Fsp3) is 0.409. The lowest BCUT2D eigenvalue weighted by Gasteiger charge is -2.30. The monoisotopic (exact) mass is 432 g/mol. The highest BCUT2D eigenvalue weighted by Crippen LogP contribution is 2.27. The van der Waals surface area contributed by atoms with Crippen molar-refractivity contribution >= 4 is 27.7 Å². The number of hydrogen-bond donors (Lipinski definition) is 1. The van der Waals surface area contributed by atoms with Crippen LogP contribution in [-0.4, -0.2) is 38.6 Å². The molecule has 2 aromatic rings. The van der Waals surface area contributed by atoms with Crippen molar-refractivity contribution in [1.82, 2.24) is 9.62 Å². The van der Waals surface area contributed by atoms with E-state index in [1.807, 2.05) is 42.3 Å². The van der Waals surface area contributed by atoms with Gasteiger partial charge in [0.15, 0.2) is 0 Å². The van der Waals surface area contributed by atoms with Crippen LogP contribution in [0.5, 0.6) is 0 Å². The van der Waals surface area contributed by atoms with E-state index in [1.54, 1.807) is 12.1 Å². The fourth-order valence-electron chi connectivity index (χ4n) is 3.37. The summed E-state index contributed by atoms with van der Waals surface area (Å²) in [6, 6.07) is 12.5. The summed E-state index contributed by atoms with van der Waals surface area (Å²) >= 11 is 1.46. The SMILES string of the molecule is CSc1ccc(S(=O)(=O)NCc2ccc(C)cc2)cc1C(=O)N1CCC(C)CC1. The molecule has 1 heterocycles. The number of hydrogen-bond acceptors (Lipinski definition) is 4. The zero-order valence-electron chi connectivity index (χ0n) is 17.1. The van der Waals surface area contributed by atoms with Crippen molar-refractivity contribution in [2.24, 2.45) is 5.92 Å². The number of carbonyl (C=O) groups excluding carboxylic acids is 1. The first-order valence-corrected chi connectivity index (χ1v) is 12.5. The molecule has 1 aliphatic rings. The third-order valence-corrected chi connectivity index (χ3v) is 7.56. The van der Waals surface area contributed by atoms with E-state index in [9.17, 15) is 13.2 Å². The Balaban J connectivity index is 1.81. The van der Waals surface area contributed by atoms with E-state index < -0.39 is 10.0 Å². The zero-order valence-corrected chi connectivity index (χ0v) is 18.8. The number of nitrogens with one attached hydrogen (secondary N) is 1. The van der Waals surface area contributed by atoms with E-state index in [0.29, 0.717) is 11.5 Å². The van der Waals surface area contributed by atoms with Crippen LogP contribution in [0.15, 0.2) is 52.3 Å². The van der Waals surface area contributed by atoms with Gasteiger partial charge in [-0.25, -0.2) is 13.1 Å². The summed E-state index contributed by atoms with van der Waals surface area (Å²) in [7, 11) is -3.72. The van der Waals surface area contributed by atoms with Gasteiger partial charge in [0.25, 0.3) is 5.91 Å². The molecule has 0 spiro atoms. The zero-order chi connectivity index (χ0) is 21.0. The molecule has 2 aromatic carbocycles. The number of nitrogens with zero attached hydrogens (tertiary/aromatic N) is 1. The fourth-order valence-corrected chi connectivity index (χ4v) is 4.98. The summed E-state index contributed by atoms with van der Waals surface area (Å²) in [6.45, 7) is 5.83. The maximum absolute atomic E-state index is 13.1. The standard InChI is InChI=1S/C22H28N2O3S2/c1-16-4-6-18(7-5-16)15-23-29(26,27)19-8-9-21(28-3)20(14-19)22(25)24-12-10-17(2)11-13-24/h4-9,14,17,23H,10-13,15H2,1-3H3. The van der Waals surface area contributed by atoms with E-state index in [2.05, 4.69) is 11.6 Å². The van der Waals surface area contributed by atoms with Gasteiger partial charge in [-0.1, -0.05) is 36.8 Å². The van der Waals surface area contributed by atoms with Crippen molar-refractivity contribution < 1.29 is 13.2 Å². The van der Waals surface area contributed by atoms with Gasteiger partial charge in [-0.3, -0.25) is 4.79 Å². The Labute approximate surface area is 177 Å². The summed E-state index contributed by atoms with van der Waals surface area (Å²) in [5.41, 5.74) is 2.48. The number of rotatable bonds is 6. The first kappa shape index (κ1) is 21.9. The second-order valence-corrected chi connectivity index (χ2v) is 10.3. The lowest BCUT2D eigenvalue weighted by atomic mass is 9.98. The average Bonchev–Trinajstić information content (AvgIpc) is 2.73. The summed E-state index contributed by atoms with van der Waals surface area (Å²) in [4.78, 5) is 15.8. The molecule has 0 bridgehead atoms. The predicted molar refractivity (Wildman–Crippen MR) is 118 cm³/mol. The first-order chi connectivity index (χ1) is 13.8. The smallest absolute Gasteiger partial charge is 0.255 e. The molecular formula is C22H28N2O3S2. The quantitative estimate of drug-likeness (QED) is 0.699. The topological polar surface area (TPSA) is 66.5 Å². The van der Waals surface area contributed by atoms with Gasteiger partial charge in [0.2, 0.25) is 10.0 Å². The molecule has 1 fully saturated rings. The van der Waals surface area contributed by atoms with Gasteiger partial charge in [-0.05, 0) is 55.7 Å². The Morgan fingerprint density at radius 3 is 2.41 bits per heavy atom. The lowest BCUT2D eigenvalue weighted by molar-refractivity contribution is 0.0693. The van der Waals surface area contributed by atoms with Gasteiger partial charge in [-0.2, -0.15) is 0 Å². The molecule has 7 heteroatoms. The number of aryl methyl sites for hydroxylation is 1. The van der Waals surface area contributed by atoms with Crippen LogP contribution in [0.1, 0.15) is 41.3 Å². The maximum Gasteiger partial charge on any atom is 0.255 e. The Hall–Kier alpha value is -1.83. The van der Waals surface area contributed by atoms with Crippen molar-refractivity contribution in [3.8, 4) is 0 Å². The average molecular weight is 433 g/mol. The maximum atomic E-state index is 13.1. The molecular weight excluding hydrogens is 404 g/mol. The minimum atomic E-state index is -3.72. The molecule has 0 atom stereocenters. The predicted octanol–water partition coefficient (Wildman–Crippen LogP) is 4.07. The Morgan fingerprint density at radius 1 is 1.14 bits per heavy atom. The van der Waals surface area contributed by atoms with Gasteiger partial charge >= 0.3 is 0 Å². The van der Waals surface area contributed by atoms with Crippen molar-refractivity contribution in [2.45, 2.75) is 43.0 Å². The molecule has 29 heavy (non-hydrogen) atoms. The largest absolute Gasteiger partial charge is 0.339 e. The van der Waals surface area contributed by atoms with E-state index in [4.69, 9.17) is 0 Å². The number of carbonyl (C=O) groups is 1. The van der Waals surface area contributed by atoms with Crippen LogP contribution >= 0.6 is 11.8 Å². The molecule has 0 radical (unpaired) electrons. The number of piperidine rings is 1. The van der Waals surface area contributed by atoms with Crippen LogP contribution in [-0.2, 0) is 16.6 Å². The third kappa shape index (κ3) is 5.41. The van der Waals surface area contributed by atoms with Crippen LogP contribution in [0.3, 0.4) is 0 Å². The highest BCUT2D eigenvalue weighted by atomic mass is 32.2. The molecule has 0 aromatic heterocycles. The van der Waals surface area contributed by atoms with Gasteiger partial charge in [0.05, 0.1) is 10.5 Å². The minimum absolute atomic E-state index is 0.0863. The van der Waals surface area contributed by atoms with Crippen LogP contribution in [0.25, 0.3) is 0 Å². The minimum Gasteiger partial charge on any atom is -0.339 e. The number of sulfonamides is 1. The van der Waals surface area contributed by atoms with Crippen molar-refractivity contribution in [1.29, 1.82) is 0 Å². The molecule has 0 unspecified atom stereocenters. The van der Waals surface area contributed by atoms with Gasteiger partial charge in [0, 0.05) is 24.5 Å². The van der Waals surface area contributed by atoms with E-state index in [1.165, 1.54) is 17.8 Å². The molecule has 1 N–H and O–H groups in total. The summed E-state index contributed by atoms with van der Waals surface area (Å²) in [5.74, 6) is 0.536. The van der Waals surface area contributed by atoms with Crippen LogP contribution in [0.2, 0.25) is 0 Å². The van der Waals surface area contributed by atoms with Crippen LogP contribution in [0.4, 0.5) is 0 Å². The van der Waals surface area contributed by atoms with Gasteiger partial charge in [-0.15, -0.1) is 11.8 Å². The summed E-state index contributed by atoms with van der Waals surface area (Å²) < 4.78 is 28.3. The Bertz CT molecular complexity index is 964. The third-order valence-electron chi connectivity index (χ3n) is 5.37. The van der Waals surface area contributed by atoms with Crippen LogP contribution in [0, 0.1) is 12.8 Å². The van der Waals surface area contributed by atoms with Crippen molar-refractivity contribution in [3.05, 3.63) is 59.2 Å². The Morgan fingerprint density at radius 2 is 1.79 bits per heavy atom. The second-order valence-electron chi connectivity index (χ2n) is 7.65. The number of amides is 1. The first-order valence-electron chi connectivity index (χ1n) is 9.82. The lowest BCUT2D eigenvalue weighted by Crippen LogP contribution is -2.38. The molecule has 156 valence electrons. The highest BCUT2D eigenvalue weighted by Gasteiger charge is 2.25. The van der Waals surface area contributed by atoms with E-state index in [0.717, 1.165) is 42.0 Å². The summed E-state index contributed by atoms with van der Waals surface area (Å²) in [5, 5.41) is 0. The molecule has 0 aliphatic carbocycles. The van der Waals surface area contributed by atoms with Crippen molar-refractivity contribution in [2.75, 3.05) is 19.3 Å². The second kappa shape index (κ2) is 9.32. The highest BCUT2D eigenvalue weighted by molar-refractivity contribution is 7.98.